The first kappa shape index (κ1) is 15.8. The van der Waals surface area contributed by atoms with Crippen molar-refractivity contribution in [1.29, 1.82) is 0 Å². The molecule has 0 unspecified atom stereocenters. The fraction of sp³-hybridized carbons (Fsp3) is 0.500. The molecule has 114 valence electrons. The summed E-state index contributed by atoms with van der Waals surface area (Å²) in [5.41, 5.74) is 1.60. The molecular formula is C16H21ClN2O2. The summed E-state index contributed by atoms with van der Waals surface area (Å²) in [5.74, 6) is -0.175. The van der Waals surface area contributed by atoms with Crippen LogP contribution in [0.2, 0.25) is 5.02 Å². The van der Waals surface area contributed by atoms with Gasteiger partial charge in [-0.3, -0.25) is 9.59 Å². The van der Waals surface area contributed by atoms with E-state index >= 15 is 0 Å². The van der Waals surface area contributed by atoms with Gasteiger partial charge in [-0.15, -0.1) is 0 Å². The maximum atomic E-state index is 11.9. The van der Waals surface area contributed by atoms with E-state index in [1.807, 2.05) is 13.0 Å². The fourth-order valence-corrected chi connectivity index (χ4v) is 2.73. The third kappa shape index (κ3) is 4.74. The zero-order valence-electron chi connectivity index (χ0n) is 12.2. The first-order valence-electron chi connectivity index (χ1n) is 7.40. The molecule has 1 aliphatic rings. The summed E-state index contributed by atoms with van der Waals surface area (Å²) in [6.07, 6.45) is 5.28. The monoisotopic (exact) mass is 308 g/mol. The third-order valence-electron chi connectivity index (χ3n) is 3.85. The van der Waals surface area contributed by atoms with Crippen molar-refractivity contribution in [1.82, 2.24) is 5.32 Å². The first-order valence-corrected chi connectivity index (χ1v) is 7.78. The molecule has 21 heavy (non-hydrogen) atoms. The smallest absolute Gasteiger partial charge is 0.243 e. The van der Waals surface area contributed by atoms with E-state index < -0.39 is 0 Å². The van der Waals surface area contributed by atoms with Gasteiger partial charge in [-0.25, -0.2) is 0 Å². The normalized spacial score (nSPS) is 15.5. The topological polar surface area (TPSA) is 58.2 Å². The van der Waals surface area contributed by atoms with Gasteiger partial charge in [0.15, 0.2) is 0 Å². The molecule has 2 amide bonds. The Balaban J connectivity index is 1.78. The first-order chi connectivity index (χ1) is 10.1. The van der Waals surface area contributed by atoms with Crippen LogP contribution < -0.4 is 10.6 Å². The predicted octanol–water partition coefficient (Wildman–Crippen LogP) is 3.28. The number of hydrogen-bond acceptors (Lipinski definition) is 2. The number of anilines is 1. The van der Waals surface area contributed by atoms with E-state index in [4.69, 9.17) is 11.6 Å². The molecule has 0 radical (unpaired) electrons. The lowest BCUT2D eigenvalue weighted by atomic mass is 9.89. The second-order valence-electron chi connectivity index (χ2n) is 5.56. The van der Waals surface area contributed by atoms with E-state index in [2.05, 4.69) is 10.6 Å². The number of amides is 2. The van der Waals surface area contributed by atoms with Gasteiger partial charge in [0.1, 0.15) is 0 Å². The Labute approximate surface area is 130 Å². The molecule has 0 spiro atoms. The van der Waals surface area contributed by atoms with Crippen molar-refractivity contribution in [2.45, 2.75) is 39.0 Å². The minimum Gasteiger partial charge on any atom is -0.347 e. The number of carbonyl (C=O) groups is 2. The van der Waals surface area contributed by atoms with Crippen molar-refractivity contribution in [2.24, 2.45) is 5.92 Å². The highest BCUT2D eigenvalue weighted by Gasteiger charge is 2.21. The van der Waals surface area contributed by atoms with Gasteiger partial charge in [0.2, 0.25) is 11.8 Å². The van der Waals surface area contributed by atoms with Crippen LogP contribution in [0.5, 0.6) is 0 Å². The molecule has 1 aliphatic carbocycles. The summed E-state index contributed by atoms with van der Waals surface area (Å²) in [6, 6.07) is 5.35. The van der Waals surface area contributed by atoms with E-state index in [1.165, 1.54) is 6.42 Å². The zero-order valence-corrected chi connectivity index (χ0v) is 13.0. The molecule has 4 nitrogen and oxygen atoms in total. The second-order valence-corrected chi connectivity index (χ2v) is 5.97. The van der Waals surface area contributed by atoms with Gasteiger partial charge in [-0.2, -0.15) is 0 Å². The van der Waals surface area contributed by atoms with Crippen molar-refractivity contribution in [2.75, 3.05) is 11.9 Å². The van der Waals surface area contributed by atoms with Crippen molar-refractivity contribution in [3.05, 3.63) is 28.8 Å². The summed E-state index contributed by atoms with van der Waals surface area (Å²) in [7, 11) is 0. The van der Waals surface area contributed by atoms with Crippen LogP contribution in [-0.2, 0) is 9.59 Å². The molecule has 1 saturated carbocycles. The number of aryl methyl sites for hydroxylation is 1. The standard InChI is InChI=1S/C16H21ClN2O2/c1-11-7-8-13(9-14(11)17)19-15(20)10-18-16(21)12-5-3-2-4-6-12/h7-9,12H,2-6,10H2,1H3,(H,18,21)(H,19,20). The molecular weight excluding hydrogens is 288 g/mol. The Hall–Kier alpha value is -1.55. The summed E-state index contributed by atoms with van der Waals surface area (Å²) in [6.45, 7) is 1.90. The molecule has 0 heterocycles. The minimum atomic E-state index is -0.237. The highest BCUT2D eigenvalue weighted by molar-refractivity contribution is 6.31. The molecule has 1 fully saturated rings. The molecule has 0 aliphatic heterocycles. The molecule has 1 aromatic rings. The average Bonchev–Trinajstić information content (AvgIpc) is 2.49. The molecule has 0 atom stereocenters. The molecule has 0 bridgehead atoms. The lowest BCUT2D eigenvalue weighted by molar-refractivity contribution is -0.128. The van der Waals surface area contributed by atoms with Crippen LogP contribution in [0.1, 0.15) is 37.7 Å². The third-order valence-corrected chi connectivity index (χ3v) is 4.26. The van der Waals surface area contributed by atoms with Crippen LogP contribution in [0, 0.1) is 12.8 Å². The van der Waals surface area contributed by atoms with Crippen molar-refractivity contribution >= 4 is 29.1 Å². The van der Waals surface area contributed by atoms with Crippen LogP contribution in [0.4, 0.5) is 5.69 Å². The molecule has 1 aromatic carbocycles. The highest BCUT2D eigenvalue weighted by Crippen LogP contribution is 2.23. The summed E-state index contributed by atoms with van der Waals surface area (Å²) in [4.78, 5) is 23.8. The average molecular weight is 309 g/mol. The van der Waals surface area contributed by atoms with Gasteiger partial charge in [0.25, 0.3) is 0 Å². The van der Waals surface area contributed by atoms with Gasteiger partial charge in [-0.1, -0.05) is 36.9 Å². The fourth-order valence-electron chi connectivity index (χ4n) is 2.55. The predicted molar refractivity (Wildman–Crippen MR) is 84.4 cm³/mol. The maximum Gasteiger partial charge on any atom is 0.243 e. The number of hydrogen-bond donors (Lipinski definition) is 2. The van der Waals surface area contributed by atoms with Gasteiger partial charge in [0, 0.05) is 16.6 Å². The van der Waals surface area contributed by atoms with Crippen LogP contribution in [0.3, 0.4) is 0 Å². The Morgan fingerprint density at radius 3 is 2.62 bits per heavy atom. The Morgan fingerprint density at radius 2 is 1.95 bits per heavy atom. The second kappa shape index (κ2) is 7.46. The van der Waals surface area contributed by atoms with Crippen molar-refractivity contribution in [3.8, 4) is 0 Å². The van der Waals surface area contributed by atoms with Gasteiger partial charge < -0.3 is 10.6 Å². The van der Waals surface area contributed by atoms with Crippen LogP contribution >= 0.6 is 11.6 Å². The minimum absolute atomic E-state index is 0.000822. The zero-order chi connectivity index (χ0) is 15.2. The quantitative estimate of drug-likeness (QED) is 0.896. The van der Waals surface area contributed by atoms with Crippen LogP contribution in [-0.4, -0.2) is 18.4 Å². The molecule has 2 rings (SSSR count). The van der Waals surface area contributed by atoms with Crippen molar-refractivity contribution in [3.63, 3.8) is 0 Å². The molecule has 5 heteroatoms. The Bertz CT molecular complexity index is 525. The number of carbonyl (C=O) groups excluding carboxylic acids is 2. The number of benzene rings is 1. The van der Waals surface area contributed by atoms with E-state index in [-0.39, 0.29) is 24.3 Å². The van der Waals surface area contributed by atoms with Crippen LogP contribution in [0.15, 0.2) is 18.2 Å². The maximum absolute atomic E-state index is 11.9. The Morgan fingerprint density at radius 1 is 1.24 bits per heavy atom. The van der Waals surface area contributed by atoms with E-state index in [0.717, 1.165) is 31.2 Å². The number of rotatable bonds is 4. The molecule has 2 N–H and O–H groups in total. The molecule has 0 aromatic heterocycles. The van der Waals surface area contributed by atoms with Gasteiger partial charge >= 0.3 is 0 Å². The number of halogens is 1. The van der Waals surface area contributed by atoms with Gasteiger partial charge in [0.05, 0.1) is 6.54 Å². The largest absolute Gasteiger partial charge is 0.347 e. The highest BCUT2D eigenvalue weighted by atomic mass is 35.5. The van der Waals surface area contributed by atoms with Crippen molar-refractivity contribution < 1.29 is 9.59 Å². The summed E-state index contributed by atoms with van der Waals surface area (Å²) in [5, 5.41) is 6.05. The van der Waals surface area contributed by atoms with E-state index in [1.54, 1.807) is 12.1 Å². The Kier molecular flexibility index (Phi) is 5.62. The lowest BCUT2D eigenvalue weighted by Crippen LogP contribution is -2.37. The van der Waals surface area contributed by atoms with E-state index in [9.17, 15) is 9.59 Å². The molecule has 0 saturated heterocycles. The van der Waals surface area contributed by atoms with Gasteiger partial charge in [-0.05, 0) is 37.5 Å². The van der Waals surface area contributed by atoms with Crippen LogP contribution in [0.25, 0.3) is 0 Å². The number of nitrogens with one attached hydrogen (secondary N) is 2. The summed E-state index contributed by atoms with van der Waals surface area (Å²) < 4.78 is 0. The SMILES string of the molecule is Cc1ccc(NC(=O)CNC(=O)C2CCCCC2)cc1Cl. The summed E-state index contributed by atoms with van der Waals surface area (Å²) >= 11 is 6.01. The lowest BCUT2D eigenvalue weighted by Gasteiger charge is -2.20. The van der Waals surface area contributed by atoms with E-state index in [0.29, 0.717) is 10.7 Å².